The minimum absolute atomic E-state index is 0.193. The van der Waals surface area contributed by atoms with E-state index in [-0.39, 0.29) is 5.91 Å². The molecule has 0 bridgehead atoms. The first-order chi connectivity index (χ1) is 8.56. The average molecular weight is 269 g/mol. The van der Waals surface area contributed by atoms with E-state index in [4.69, 9.17) is 18.0 Å². The monoisotopic (exact) mass is 269 g/mol. The second-order valence-corrected chi connectivity index (χ2v) is 6.16. The number of thiocarbonyl (C=S) groups is 1. The first kappa shape index (κ1) is 13.7. The number of carbonyl (C=O) groups is 1. The molecule has 102 valence electrons. The fraction of sp³-hybridized carbons (Fsp3) is 0.846. The van der Waals surface area contributed by atoms with Crippen molar-refractivity contribution in [3.8, 4) is 0 Å². The number of hydrogen-bond donors (Lipinski definition) is 1. The molecule has 4 nitrogen and oxygen atoms in total. The largest absolute Gasteiger partial charge is 0.393 e. The van der Waals surface area contributed by atoms with Gasteiger partial charge in [0.05, 0.1) is 11.5 Å². The fourth-order valence-corrected chi connectivity index (χ4v) is 2.20. The molecule has 0 atom stereocenters. The van der Waals surface area contributed by atoms with Gasteiger partial charge < -0.3 is 10.6 Å². The quantitative estimate of drug-likeness (QED) is 0.668. The van der Waals surface area contributed by atoms with Gasteiger partial charge in [0.1, 0.15) is 0 Å². The van der Waals surface area contributed by atoms with Crippen molar-refractivity contribution in [3.63, 3.8) is 0 Å². The number of likely N-dealkylation sites (N-methyl/N-ethyl adjacent to an activating group) is 1. The van der Waals surface area contributed by atoms with E-state index in [0.29, 0.717) is 30.5 Å². The van der Waals surface area contributed by atoms with E-state index in [2.05, 4.69) is 4.90 Å². The number of nitrogens with two attached hydrogens (primary N) is 1. The molecule has 0 radical (unpaired) electrons. The van der Waals surface area contributed by atoms with Crippen molar-refractivity contribution < 1.29 is 4.79 Å². The molecule has 0 aromatic rings. The third-order valence-electron chi connectivity index (χ3n) is 3.71. The molecule has 2 aliphatic rings. The first-order valence-corrected chi connectivity index (χ1v) is 7.23. The highest BCUT2D eigenvalue weighted by Crippen LogP contribution is 2.34. The summed E-state index contributed by atoms with van der Waals surface area (Å²) in [4.78, 5) is 16.7. The van der Waals surface area contributed by atoms with E-state index in [1.165, 1.54) is 25.7 Å². The summed E-state index contributed by atoms with van der Waals surface area (Å²) in [5.41, 5.74) is 5.46. The average Bonchev–Trinajstić information content (AvgIpc) is 3.14. The summed E-state index contributed by atoms with van der Waals surface area (Å²) in [7, 11) is 1.84. The zero-order chi connectivity index (χ0) is 13.1. The Morgan fingerprint density at radius 1 is 1.33 bits per heavy atom. The number of amides is 1. The Hall–Kier alpha value is -0.680. The van der Waals surface area contributed by atoms with Gasteiger partial charge in [-0.25, -0.2) is 0 Å². The summed E-state index contributed by atoms with van der Waals surface area (Å²) in [6.07, 6.45) is 5.82. The standard InChI is InChI=1S/C13H23N3OS/c1-15(7-6-12(14)18)13(17)9-16(11-4-5-11)8-10-2-3-10/h10-11H,2-9H2,1H3,(H2,14,18). The van der Waals surface area contributed by atoms with Gasteiger partial charge in [-0.2, -0.15) is 0 Å². The molecule has 2 aliphatic carbocycles. The molecule has 2 fully saturated rings. The summed E-state index contributed by atoms with van der Waals surface area (Å²) < 4.78 is 0. The van der Waals surface area contributed by atoms with Crippen LogP contribution in [0.3, 0.4) is 0 Å². The fourth-order valence-electron chi connectivity index (χ4n) is 2.11. The van der Waals surface area contributed by atoms with Crippen molar-refractivity contribution in [2.75, 3.05) is 26.7 Å². The van der Waals surface area contributed by atoms with Crippen LogP contribution in [-0.4, -0.2) is 53.4 Å². The Labute approximate surface area is 114 Å². The van der Waals surface area contributed by atoms with Crippen LogP contribution in [0.2, 0.25) is 0 Å². The van der Waals surface area contributed by atoms with E-state index in [1.807, 2.05) is 7.05 Å². The van der Waals surface area contributed by atoms with Crippen LogP contribution in [-0.2, 0) is 4.79 Å². The Kier molecular flexibility index (Phi) is 4.56. The summed E-state index contributed by atoms with van der Waals surface area (Å²) >= 11 is 4.83. The second kappa shape index (κ2) is 5.97. The van der Waals surface area contributed by atoms with Crippen LogP contribution in [0.4, 0.5) is 0 Å². The molecular weight excluding hydrogens is 246 g/mol. The van der Waals surface area contributed by atoms with E-state index < -0.39 is 0 Å². The lowest BCUT2D eigenvalue weighted by atomic mass is 10.3. The highest BCUT2D eigenvalue weighted by Gasteiger charge is 2.34. The van der Waals surface area contributed by atoms with Crippen molar-refractivity contribution in [2.45, 2.75) is 38.1 Å². The van der Waals surface area contributed by atoms with Crippen LogP contribution in [0.5, 0.6) is 0 Å². The number of hydrogen-bond acceptors (Lipinski definition) is 3. The highest BCUT2D eigenvalue weighted by atomic mass is 32.1. The first-order valence-electron chi connectivity index (χ1n) is 6.82. The molecule has 0 saturated heterocycles. The lowest BCUT2D eigenvalue weighted by Crippen LogP contribution is -2.41. The van der Waals surface area contributed by atoms with E-state index in [9.17, 15) is 4.79 Å². The third-order valence-corrected chi connectivity index (χ3v) is 3.91. The minimum Gasteiger partial charge on any atom is -0.393 e. The van der Waals surface area contributed by atoms with Crippen LogP contribution in [0.15, 0.2) is 0 Å². The molecule has 0 aromatic heterocycles. The maximum absolute atomic E-state index is 12.1. The van der Waals surface area contributed by atoms with Gasteiger partial charge in [0.15, 0.2) is 0 Å². The molecule has 2 rings (SSSR count). The van der Waals surface area contributed by atoms with Gasteiger partial charge in [0.25, 0.3) is 0 Å². The summed E-state index contributed by atoms with van der Waals surface area (Å²) in [6.45, 7) is 2.31. The summed E-state index contributed by atoms with van der Waals surface area (Å²) in [6, 6.07) is 0.665. The predicted molar refractivity (Wildman–Crippen MR) is 76.4 cm³/mol. The van der Waals surface area contributed by atoms with Gasteiger partial charge in [-0.05, 0) is 31.6 Å². The number of carbonyl (C=O) groups excluding carboxylic acids is 1. The van der Waals surface area contributed by atoms with Gasteiger partial charge in [-0.1, -0.05) is 12.2 Å². The highest BCUT2D eigenvalue weighted by molar-refractivity contribution is 7.80. The van der Waals surface area contributed by atoms with Crippen LogP contribution in [0.25, 0.3) is 0 Å². The maximum atomic E-state index is 12.1. The molecule has 0 heterocycles. The van der Waals surface area contributed by atoms with Gasteiger partial charge >= 0.3 is 0 Å². The molecule has 1 amide bonds. The Bertz CT molecular complexity index is 326. The van der Waals surface area contributed by atoms with Gasteiger partial charge in [-0.3, -0.25) is 9.69 Å². The van der Waals surface area contributed by atoms with Crippen molar-refractivity contribution >= 4 is 23.1 Å². The molecular formula is C13H23N3OS. The molecule has 18 heavy (non-hydrogen) atoms. The molecule has 0 spiro atoms. The topological polar surface area (TPSA) is 49.6 Å². The molecule has 2 N–H and O–H groups in total. The van der Waals surface area contributed by atoms with Gasteiger partial charge in [0, 0.05) is 32.6 Å². The van der Waals surface area contributed by atoms with Crippen molar-refractivity contribution in [1.29, 1.82) is 0 Å². The number of rotatable bonds is 8. The van der Waals surface area contributed by atoms with Crippen LogP contribution >= 0.6 is 12.2 Å². The van der Waals surface area contributed by atoms with Gasteiger partial charge in [-0.15, -0.1) is 0 Å². The number of nitrogens with zero attached hydrogens (tertiary/aromatic N) is 2. The summed E-state index contributed by atoms with van der Waals surface area (Å²) in [5, 5.41) is 0. The Morgan fingerprint density at radius 3 is 2.50 bits per heavy atom. The van der Waals surface area contributed by atoms with E-state index in [0.717, 1.165) is 12.5 Å². The summed E-state index contributed by atoms with van der Waals surface area (Å²) in [5.74, 6) is 1.04. The van der Waals surface area contributed by atoms with Crippen molar-refractivity contribution in [3.05, 3.63) is 0 Å². The minimum atomic E-state index is 0.193. The molecule has 5 heteroatoms. The van der Waals surface area contributed by atoms with Crippen LogP contribution in [0, 0.1) is 5.92 Å². The van der Waals surface area contributed by atoms with Gasteiger partial charge in [0.2, 0.25) is 5.91 Å². The molecule has 0 unspecified atom stereocenters. The second-order valence-electron chi connectivity index (χ2n) is 5.64. The lowest BCUT2D eigenvalue weighted by Gasteiger charge is -2.24. The molecule has 2 saturated carbocycles. The zero-order valence-corrected chi connectivity index (χ0v) is 11.9. The van der Waals surface area contributed by atoms with Crippen molar-refractivity contribution in [1.82, 2.24) is 9.80 Å². The Morgan fingerprint density at radius 2 is 2.00 bits per heavy atom. The normalized spacial score (nSPS) is 19.0. The van der Waals surface area contributed by atoms with E-state index >= 15 is 0 Å². The SMILES string of the molecule is CN(CCC(N)=S)C(=O)CN(CC1CC1)C1CC1. The zero-order valence-electron chi connectivity index (χ0n) is 11.1. The van der Waals surface area contributed by atoms with Crippen LogP contribution < -0.4 is 5.73 Å². The molecule has 0 aromatic carbocycles. The van der Waals surface area contributed by atoms with Crippen LogP contribution in [0.1, 0.15) is 32.1 Å². The van der Waals surface area contributed by atoms with E-state index in [1.54, 1.807) is 4.90 Å². The smallest absolute Gasteiger partial charge is 0.236 e. The third kappa shape index (κ3) is 4.53. The lowest BCUT2D eigenvalue weighted by molar-refractivity contribution is -0.131. The predicted octanol–water partition coefficient (Wildman–Crippen LogP) is 0.995. The van der Waals surface area contributed by atoms with Crippen molar-refractivity contribution in [2.24, 2.45) is 11.7 Å². The molecule has 0 aliphatic heterocycles. The Balaban J connectivity index is 1.74. The maximum Gasteiger partial charge on any atom is 0.236 e.